The van der Waals surface area contributed by atoms with Crippen LogP contribution in [0.3, 0.4) is 0 Å². The fourth-order valence-electron chi connectivity index (χ4n) is 3.19. The molecule has 0 saturated carbocycles. The summed E-state index contributed by atoms with van der Waals surface area (Å²) in [5.41, 5.74) is 1.93. The standard InChI is InChI=1S/C25H19F3S2/c1-2-3-4-5-19-14-23-24(29-19)15-22(30-23)18-10-8-16(9-11-18)6-7-17-12-20(26)25(28)21(27)13-17/h8-15H,2-5H2,1H3. The van der Waals surface area contributed by atoms with E-state index in [4.69, 9.17) is 0 Å². The van der Waals surface area contributed by atoms with Gasteiger partial charge < -0.3 is 0 Å². The van der Waals surface area contributed by atoms with Crippen molar-refractivity contribution in [2.75, 3.05) is 0 Å². The van der Waals surface area contributed by atoms with Crippen molar-refractivity contribution in [3.8, 4) is 22.3 Å². The molecule has 4 rings (SSSR count). The molecule has 0 atom stereocenters. The van der Waals surface area contributed by atoms with Crippen LogP contribution in [-0.4, -0.2) is 0 Å². The Kier molecular flexibility index (Phi) is 6.26. The van der Waals surface area contributed by atoms with E-state index in [0.29, 0.717) is 0 Å². The van der Waals surface area contributed by atoms with Crippen LogP contribution in [-0.2, 0) is 6.42 Å². The highest BCUT2D eigenvalue weighted by Gasteiger charge is 2.10. The fourth-order valence-corrected chi connectivity index (χ4v) is 5.66. The molecule has 0 N–H and O–H groups in total. The van der Waals surface area contributed by atoms with Gasteiger partial charge in [-0.15, -0.1) is 22.7 Å². The van der Waals surface area contributed by atoms with Crippen LogP contribution in [0.5, 0.6) is 0 Å². The number of unbranched alkanes of at least 4 members (excludes halogenated alkanes) is 2. The zero-order chi connectivity index (χ0) is 21.1. The smallest absolute Gasteiger partial charge is 0.194 e. The molecular weight excluding hydrogens is 421 g/mol. The lowest BCUT2D eigenvalue weighted by Gasteiger charge is -1.98. The summed E-state index contributed by atoms with van der Waals surface area (Å²) in [6.07, 6.45) is 4.92. The molecule has 0 unspecified atom stereocenters. The minimum atomic E-state index is -1.48. The average molecular weight is 441 g/mol. The first-order valence-corrected chi connectivity index (χ1v) is 11.5. The van der Waals surface area contributed by atoms with Gasteiger partial charge in [-0.25, -0.2) is 13.2 Å². The maximum atomic E-state index is 13.3. The van der Waals surface area contributed by atoms with Crippen LogP contribution in [0, 0.1) is 29.3 Å². The number of halogens is 3. The highest BCUT2D eigenvalue weighted by molar-refractivity contribution is 7.29. The Bertz CT molecular complexity index is 1180. The van der Waals surface area contributed by atoms with Gasteiger partial charge in [-0.1, -0.05) is 43.7 Å². The van der Waals surface area contributed by atoms with Gasteiger partial charge in [0.1, 0.15) is 0 Å². The van der Waals surface area contributed by atoms with E-state index >= 15 is 0 Å². The van der Waals surface area contributed by atoms with Crippen molar-refractivity contribution in [3.63, 3.8) is 0 Å². The lowest BCUT2D eigenvalue weighted by Crippen LogP contribution is -1.91. The van der Waals surface area contributed by atoms with Crippen LogP contribution in [0.2, 0.25) is 0 Å². The van der Waals surface area contributed by atoms with Gasteiger partial charge in [0, 0.05) is 30.3 Å². The molecule has 2 heterocycles. The molecule has 0 amide bonds. The third-order valence-electron chi connectivity index (χ3n) is 4.79. The van der Waals surface area contributed by atoms with Gasteiger partial charge in [-0.2, -0.15) is 0 Å². The lowest BCUT2D eigenvalue weighted by atomic mass is 10.1. The zero-order valence-electron chi connectivity index (χ0n) is 16.4. The molecule has 0 aliphatic heterocycles. The molecular formula is C25H19F3S2. The zero-order valence-corrected chi connectivity index (χ0v) is 18.0. The second-order valence-corrected chi connectivity index (χ2v) is 9.34. The van der Waals surface area contributed by atoms with Crippen molar-refractivity contribution in [2.24, 2.45) is 0 Å². The van der Waals surface area contributed by atoms with Gasteiger partial charge in [-0.3, -0.25) is 0 Å². The molecule has 0 aliphatic rings. The van der Waals surface area contributed by atoms with Gasteiger partial charge in [0.25, 0.3) is 0 Å². The minimum absolute atomic E-state index is 0.101. The van der Waals surface area contributed by atoms with Crippen LogP contribution in [0.4, 0.5) is 13.2 Å². The Hall–Kier alpha value is -2.55. The van der Waals surface area contributed by atoms with E-state index in [1.807, 2.05) is 35.6 Å². The third-order valence-corrected chi connectivity index (χ3v) is 7.19. The molecule has 30 heavy (non-hydrogen) atoms. The summed E-state index contributed by atoms with van der Waals surface area (Å²) in [4.78, 5) is 2.66. The Morgan fingerprint density at radius 1 is 0.767 bits per heavy atom. The molecule has 0 saturated heterocycles. The van der Waals surface area contributed by atoms with E-state index in [1.54, 1.807) is 11.3 Å². The van der Waals surface area contributed by atoms with Crippen molar-refractivity contribution < 1.29 is 13.2 Å². The van der Waals surface area contributed by atoms with E-state index in [1.165, 1.54) is 38.4 Å². The Labute approximate surface area is 182 Å². The first-order chi connectivity index (χ1) is 14.5. The maximum absolute atomic E-state index is 13.3. The van der Waals surface area contributed by atoms with Crippen LogP contribution in [0.15, 0.2) is 48.5 Å². The van der Waals surface area contributed by atoms with E-state index in [-0.39, 0.29) is 5.56 Å². The third kappa shape index (κ3) is 4.61. The number of hydrogen-bond donors (Lipinski definition) is 0. The van der Waals surface area contributed by atoms with Crippen LogP contribution < -0.4 is 0 Å². The number of aryl methyl sites for hydroxylation is 1. The molecule has 5 heteroatoms. The number of thiophene rings is 2. The predicted octanol–water partition coefficient (Wildman–Crippen LogP) is 8.18. The summed E-state index contributed by atoms with van der Waals surface area (Å²) in [7, 11) is 0. The first kappa shape index (κ1) is 20.7. The molecule has 0 nitrogen and oxygen atoms in total. The summed E-state index contributed by atoms with van der Waals surface area (Å²) in [5, 5.41) is 0. The normalized spacial score (nSPS) is 10.9. The molecule has 0 bridgehead atoms. The van der Waals surface area contributed by atoms with E-state index in [2.05, 4.69) is 30.9 Å². The highest BCUT2D eigenvalue weighted by atomic mass is 32.1. The Morgan fingerprint density at radius 3 is 2.10 bits per heavy atom. The molecule has 2 aromatic carbocycles. The van der Waals surface area contributed by atoms with Crippen molar-refractivity contribution in [3.05, 3.63) is 82.0 Å². The average Bonchev–Trinajstić information content (AvgIpc) is 3.30. The van der Waals surface area contributed by atoms with Crippen LogP contribution in [0.1, 0.15) is 42.2 Å². The molecule has 0 radical (unpaired) electrons. The lowest BCUT2D eigenvalue weighted by molar-refractivity contribution is 0.446. The summed E-state index contributed by atoms with van der Waals surface area (Å²) < 4.78 is 42.3. The summed E-state index contributed by atoms with van der Waals surface area (Å²) >= 11 is 3.66. The fraction of sp³-hybridized carbons (Fsp3) is 0.200. The van der Waals surface area contributed by atoms with Crippen molar-refractivity contribution in [1.82, 2.24) is 0 Å². The van der Waals surface area contributed by atoms with Crippen LogP contribution in [0.25, 0.3) is 19.8 Å². The number of rotatable bonds is 5. The molecule has 0 fully saturated rings. The monoisotopic (exact) mass is 440 g/mol. The van der Waals surface area contributed by atoms with E-state index in [9.17, 15) is 13.2 Å². The van der Waals surface area contributed by atoms with E-state index < -0.39 is 17.5 Å². The topological polar surface area (TPSA) is 0 Å². The van der Waals surface area contributed by atoms with Crippen molar-refractivity contribution in [2.45, 2.75) is 32.6 Å². The van der Waals surface area contributed by atoms with Gasteiger partial charge in [0.2, 0.25) is 0 Å². The van der Waals surface area contributed by atoms with Crippen molar-refractivity contribution in [1.29, 1.82) is 0 Å². The van der Waals surface area contributed by atoms with Gasteiger partial charge in [-0.05, 0) is 54.8 Å². The Morgan fingerprint density at radius 2 is 1.43 bits per heavy atom. The molecule has 0 spiro atoms. The predicted molar refractivity (Wildman–Crippen MR) is 121 cm³/mol. The molecule has 0 aliphatic carbocycles. The molecule has 2 aromatic heterocycles. The largest absolute Gasteiger partial charge is 0.204 e. The highest BCUT2D eigenvalue weighted by Crippen LogP contribution is 2.38. The summed E-state index contributed by atoms with van der Waals surface area (Å²) in [6, 6.07) is 14.1. The summed E-state index contributed by atoms with van der Waals surface area (Å²) in [6.45, 7) is 2.22. The maximum Gasteiger partial charge on any atom is 0.194 e. The second kappa shape index (κ2) is 9.07. The van der Waals surface area contributed by atoms with Crippen LogP contribution >= 0.6 is 22.7 Å². The second-order valence-electron chi connectivity index (χ2n) is 7.09. The minimum Gasteiger partial charge on any atom is -0.204 e. The molecule has 4 aromatic rings. The molecule has 152 valence electrons. The first-order valence-electron chi connectivity index (χ1n) is 9.82. The van der Waals surface area contributed by atoms with Crippen molar-refractivity contribution >= 4 is 32.1 Å². The summed E-state index contributed by atoms with van der Waals surface area (Å²) in [5.74, 6) is 1.60. The van der Waals surface area contributed by atoms with Gasteiger partial charge >= 0.3 is 0 Å². The van der Waals surface area contributed by atoms with Gasteiger partial charge in [0.15, 0.2) is 17.5 Å². The van der Waals surface area contributed by atoms with Gasteiger partial charge in [0.05, 0.1) is 0 Å². The van der Waals surface area contributed by atoms with E-state index in [0.717, 1.165) is 29.7 Å². The SMILES string of the molecule is CCCCCc1cc2sc(-c3ccc(C#Cc4cc(F)c(F)c(F)c4)cc3)cc2s1. The number of fused-ring (bicyclic) bond motifs is 1. The number of hydrogen-bond acceptors (Lipinski definition) is 2. The quantitative estimate of drug-likeness (QED) is 0.167. The number of benzene rings is 2. The Balaban J connectivity index is 1.49.